The zero-order valence-corrected chi connectivity index (χ0v) is 13.4. The molecule has 0 fully saturated rings. The van der Waals surface area contributed by atoms with Crippen molar-refractivity contribution in [2.75, 3.05) is 5.32 Å². The van der Waals surface area contributed by atoms with E-state index in [2.05, 4.69) is 22.2 Å². The van der Waals surface area contributed by atoms with Crippen LogP contribution in [0.5, 0.6) is 0 Å². The Morgan fingerprint density at radius 3 is 2.70 bits per heavy atom. The smallest absolute Gasteiger partial charge is 0.319 e. The Morgan fingerprint density at radius 2 is 2.09 bits per heavy atom. The molecule has 6 nitrogen and oxygen atoms in total. The summed E-state index contributed by atoms with van der Waals surface area (Å²) in [6.07, 6.45) is 4.07. The number of nitrogens with one attached hydrogen (secondary N) is 2. The number of imidazole rings is 1. The Hall–Kier alpha value is -2.76. The van der Waals surface area contributed by atoms with Gasteiger partial charge in [0.05, 0.1) is 12.6 Å². The summed E-state index contributed by atoms with van der Waals surface area (Å²) in [5.41, 5.74) is 1.86. The second-order valence-electron chi connectivity index (χ2n) is 5.40. The van der Waals surface area contributed by atoms with Crippen LogP contribution in [-0.4, -0.2) is 20.7 Å². The number of aromatic nitrogens is 2. The highest BCUT2D eigenvalue weighted by molar-refractivity contribution is 5.89. The van der Waals surface area contributed by atoms with E-state index in [9.17, 15) is 9.90 Å². The highest BCUT2D eigenvalue weighted by Crippen LogP contribution is 2.16. The van der Waals surface area contributed by atoms with Crippen LogP contribution in [0.2, 0.25) is 0 Å². The molecule has 3 N–H and O–H groups in total. The summed E-state index contributed by atoms with van der Waals surface area (Å²) < 4.78 is 1.77. The average molecular weight is 314 g/mol. The molecule has 0 spiro atoms. The van der Waals surface area contributed by atoms with Gasteiger partial charge >= 0.3 is 6.03 Å². The van der Waals surface area contributed by atoms with Crippen molar-refractivity contribution >= 4 is 11.7 Å². The third-order valence-corrected chi connectivity index (χ3v) is 3.44. The van der Waals surface area contributed by atoms with Gasteiger partial charge < -0.3 is 20.3 Å². The quantitative estimate of drug-likeness (QED) is 0.714. The number of hydrogen-bond donors (Lipinski definition) is 3. The Labute approximate surface area is 135 Å². The lowest BCUT2D eigenvalue weighted by Gasteiger charge is -2.18. The molecule has 0 aliphatic rings. The molecule has 2 aromatic rings. The average Bonchev–Trinajstić information content (AvgIpc) is 2.94. The number of urea groups is 1. The monoisotopic (exact) mass is 314 g/mol. The number of anilines is 1. The second-order valence-corrected chi connectivity index (χ2v) is 5.40. The Morgan fingerprint density at radius 1 is 1.39 bits per heavy atom. The summed E-state index contributed by atoms with van der Waals surface area (Å²) in [6.45, 7) is 7.70. The maximum atomic E-state index is 12.2. The number of nitrogens with zero attached hydrogens (tertiary/aromatic N) is 2. The molecule has 0 saturated heterocycles. The Balaban J connectivity index is 2.04. The molecule has 6 heteroatoms. The molecule has 0 aliphatic heterocycles. The molecule has 1 heterocycles. The van der Waals surface area contributed by atoms with Gasteiger partial charge in [-0.3, -0.25) is 0 Å². The van der Waals surface area contributed by atoms with E-state index in [1.807, 2.05) is 38.1 Å². The van der Waals surface area contributed by atoms with Crippen LogP contribution in [0, 0.1) is 6.92 Å². The predicted octanol–water partition coefficient (Wildman–Crippen LogP) is 3.54. The van der Waals surface area contributed by atoms with Gasteiger partial charge in [0.1, 0.15) is 11.6 Å². The van der Waals surface area contributed by atoms with E-state index in [1.165, 1.54) is 0 Å². The van der Waals surface area contributed by atoms with Crippen LogP contribution in [0.25, 0.3) is 0 Å². The number of carbonyl (C=O) groups is 1. The normalized spacial score (nSPS) is 11.7. The first-order valence-electron chi connectivity index (χ1n) is 7.51. The zero-order valence-electron chi connectivity index (χ0n) is 13.4. The molecule has 0 saturated carbocycles. The van der Waals surface area contributed by atoms with Gasteiger partial charge in [-0.05, 0) is 25.5 Å². The van der Waals surface area contributed by atoms with E-state index in [1.54, 1.807) is 17.0 Å². The fourth-order valence-corrected chi connectivity index (χ4v) is 2.27. The first-order valence-corrected chi connectivity index (χ1v) is 7.51. The molecular weight excluding hydrogens is 292 g/mol. The van der Waals surface area contributed by atoms with Crippen LogP contribution in [-0.2, 0) is 6.54 Å². The first kappa shape index (κ1) is 16.6. The zero-order chi connectivity index (χ0) is 16.8. The minimum absolute atomic E-state index is 0.0446. The van der Waals surface area contributed by atoms with Crippen LogP contribution < -0.4 is 10.6 Å². The number of allylic oxidation sites excluding steroid dienone is 1. The molecule has 122 valence electrons. The highest BCUT2D eigenvalue weighted by Gasteiger charge is 2.18. The predicted molar refractivity (Wildman–Crippen MR) is 90.4 cm³/mol. The molecule has 0 bridgehead atoms. The summed E-state index contributed by atoms with van der Waals surface area (Å²) >= 11 is 0. The first-order chi connectivity index (χ1) is 11.0. The van der Waals surface area contributed by atoms with Crippen LogP contribution in [0.15, 0.2) is 49.0 Å². The summed E-state index contributed by atoms with van der Waals surface area (Å²) in [4.78, 5) is 16.4. The number of aryl methyl sites for hydroxylation is 1. The van der Waals surface area contributed by atoms with Crippen LogP contribution in [0.3, 0.4) is 0 Å². The molecule has 2 amide bonds. The fraction of sp³-hybridized carbons (Fsp3) is 0.294. The maximum absolute atomic E-state index is 12.2. The van der Waals surface area contributed by atoms with E-state index in [4.69, 9.17) is 0 Å². The third-order valence-electron chi connectivity index (χ3n) is 3.44. The lowest BCUT2D eigenvalue weighted by Crippen LogP contribution is -2.33. The SMILES string of the molecule is C=C(O)Cn1ccnc1C(CC)NC(=O)Nc1ccc(C)cc1. The molecule has 2 rings (SSSR count). The molecular formula is C17H22N4O2. The minimum Gasteiger partial charge on any atom is -0.511 e. The molecule has 1 aromatic carbocycles. The van der Waals surface area contributed by atoms with Gasteiger partial charge in [0.15, 0.2) is 0 Å². The van der Waals surface area contributed by atoms with Gasteiger partial charge in [0, 0.05) is 18.1 Å². The van der Waals surface area contributed by atoms with Crippen LogP contribution >= 0.6 is 0 Å². The summed E-state index contributed by atoms with van der Waals surface area (Å²) in [7, 11) is 0. The summed E-state index contributed by atoms with van der Waals surface area (Å²) in [6, 6.07) is 7.03. The second kappa shape index (κ2) is 7.49. The van der Waals surface area contributed by atoms with Crippen molar-refractivity contribution in [1.82, 2.24) is 14.9 Å². The highest BCUT2D eigenvalue weighted by atomic mass is 16.3. The largest absolute Gasteiger partial charge is 0.511 e. The molecule has 1 atom stereocenters. The lowest BCUT2D eigenvalue weighted by atomic mass is 10.2. The van der Waals surface area contributed by atoms with E-state index >= 15 is 0 Å². The third kappa shape index (κ3) is 4.60. The number of amides is 2. The molecule has 23 heavy (non-hydrogen) atoms. The fourth-order valence-electron chi connectivity index (χ4n) is 2.27. The minimum atomic E-state index is -0.293. The summed E-state index contributed by atoms with van der Waals surface area (Å²) in [5, 5.41) is 15.1. The van der Waals surface area contributed by atoms with E-state index in [0.29, 0.717) is 12.2 Å². The van der Waals surface area contributed by atoms with Gasteiger partial charge in [0.25, 0.3) is 0 Å². The van der Waals surface area contributed by atoms with E-state index in [0.717, 1.165) is 11.3 Å². The van der Waals surface area contributed by atoms with E-state index < -0.39 is 0 Å². The summed E-state index contributed by atoms with van der Waals surface area (Å²) in [5.74, 6) is 0.727. The molecule has 1 unspecified atom stereocenters. The van der Waals surface area contributed by atoms with Gasteiger partial charge in [-0.25, -0.2) is 9.78 Å². The number of rotatable bonds is 6. The Bertz CT molecular complexity index is 676. The number of carbonyl (C=O) groups excluding carboxylic acids is 1. The van der Waals surface area contributed by atoms with E-state index in [-0.39, 0.29) is 24.4 Å². The van der Waals surface area contributed by atoms with Crippen LogP contribution in [0.1, 0.15) is 30.8 Å². The van der Waals surface area contributed by atoms with Crippen LogP contribution in [0.4, 0.5) is 10.5 Å². The number of aliphatic hydroxyl groups is 1. The van der Waals surface area contributed by atoms with Crippen molar-refractivity contribution in [3.05, 3.63) is 60.4 Å². The molecule has 0 radical (unpaired) electrons. The Kier molecular flexibility index (Phi) is 5.41. The van der Waals surface area contributed by atoms with Gasteiger partial charge in [-0.1, -0.05) is 31.2 Å². The molecule has 1 aromatic heterocycles. The number of benzene rings is 1. The van der Waals surface area contributed by atoms with Gasteiger partial charge in [0.2, 0.25) is 0 Å². The van der Waals surface area contributed by atoms with Gasteiger partial charge in [-0.2, -0.15) is 0 Å². The van der Waals surface area contributed by atoms with Crippen molar-refractivity contribution in [2.45, 2.75) is 32.9 Å². The van der Waals surface area contributed by atoms with Crippen molar-refractivity contribution in [1.29, 1.82) is 0 Å². The molecule has 0 aliphatic carbocycles. The van der Waals surface area contributed by atoms with Crippen molar-refractivity contribution in [2.24, 2.45) is 0 Å². The standard InChI is InChI=1S/C17H22N4O2/c1-4-15(16-18-9-10-21(16)11-13(3)22)20-17(23)19-14-7-5-12(2)6-8-14/h5-10,15,22H,3-4,11H2,1-2H3,(H2,19,20,23). The lowest BCUT2D eigenvalue weighted by molar-refractivity contribution is 0.247. The number of aliphatic hydroxyl groups excluding tert-OH is 1. The van der Waals surface area contributed by atoms with Crippen molar-refractivity contribution in [3.63, 3.8) is 0 Å². The maximum Gasteiger partial charge on any atom is 0.319 e. The van der Waals surface area contributed by atoms with Gasteiger partial charge in [-0.15, -0.1) is 0 Å². The topological polar surface area (TPSA) is 79.2 Å². The van der Waals surface area contributed by atoms with Crippen molar-refractivity contribution in [3.8, 4) is 0 Å². The number of hydrogen-bond acceptors (Lipinski definition) is 3. The van der Waals surface area contributed by atoms with Crippen molar-refractivity contribution < 1.29 is 9.90 Å².